The summed E-state index contributed by atoms with van der Waals surface area (Å²) in [4.78, 5) is 1.50. The highest BCUT2D eigenvalue weighted by Crippen LogP contribution is 2.29. The Kier molecular flexibility index (Phi) is 9.00. The maximum absolute atomic E-state index is 10.7. The number of aliphatic hydroxyl groups excluding tert-OH is 1. The number of methoxy groups -OCH3 is 2. The quantitative estimate of drug-likeness (QED) is 0.662. The van der Waals surface area contributed by atoms with Gasteiger partial charge in [0, 0.05) is 0 Å². The monoisotopic (exact) mass is 414 g/mol. The summed E-state index contributed by atoms with van der Waals surface area (Å²) >= 11 is 0. The van der Waals surface area contributed by atoms with Crippen LogP contribution in [-0.4, -0.2) is 51.7 Å². The highest BCUT2D eigenvalue weighted by molar-refractivity contribution is 5.36. The summed E-state index contributed by atoms with van der Waals surface area (Å²) in [5, 5.41) is 10.7. The van der Waals surface area contributed by atoms with Crippen LogP contribution in [0.2, 0.25) is 0 Å². The summed E-state index contributed by atoms with van der Waals surface area (Å²) in [5.41, 5.74) is 2.07. The van der Waals surface area contributed by atoms with E-state index in [1.807, 2.05) is 48.5 Å². The molecule has 2 N–H and O–H groups in total. The largest absolute Gasteiger partial charge is 0.497 e. The second-order valence-corrected chi connectivity index (χ2v) is 8.14. The van der Waals surface area contributed by atoms with E-state index < -0.39 is 6.10 Å². The van der Waals surface area contributed by atoms with Gasteiger partial charge in [0.1, 0.15) is 30.3 Å². The number of benzene rings is 2. The van der Waals surface area contributed by atoms with Crippen LogP contribution in [0.25, 0.3) is 0 Å². The Morgan fingerprint density at radius 3 is 1.70 bits per heavy atom. The predicted molar refractivity (Wildman–Crippen MR) is 118 cm³/mol. The third-order valence-corrected chi connectivity index (χ3v) is 5.88. The average Bonchev–Trinajstić information content (AvgIpc) is 2.76. The molecule has 0 bridgehead atoms. The van der Waals surface area contributed by atoms with Crippen molar-refractivity contribution in [1.82, 2.24) is 0 Å². The van der Waals surface area contributed by atoms with E-state index in [-0.39, 0.29) is 6.10 Å². The molecule has 1 fully saturated rings. The summed E-state index contributed by atoms with van der Waals surface area (Å²) in [7, 11) is 3.33. The SMILES string of the molecule is COc1ccc(C(OC[C@H](O)C[NH+]2CCCCCCC2)c2ccc(OC)cc2)cc1. The maximum atomic E-state index is 10.7. The molecule has 5 heteroatoms. The van der Waals surface area contributed by atoms with E-state index in [0.717, 1.165) is 42.3 Å². The van der Waals surface area contributed by atoms with Gasteiger partial charge in [-0.1, -0.05) is 30.7 Å². The van der Waals surface area contributed by atoms with E-state index >= 15 is 0 Å². The molecule has 1 aliphatic rings. The minimum Gasteiger partial charge on any atom is -0.497 e. The third kappa shape index (κ3) is 6.73. The Balaban J connectivity index is 1.66. The van der Waals surface area contributed by atoms with Crippen LogP contribution in [0.15, 0.2) is 48.5 Å². The summed E-state index contributed by atoms with van der Waals surface area (Å²) < 4.78 is 16.8. The fourth-order valence-electron chi connectivity index (χ4n) is 4.15. The molecule has 1 saturated heterocycles. The minimum absolute atomic E-state index is 0.251. The molecule has 0 amide bonds. The third-order valence-electron chi connectivity index (χ3n) is 5.88. The molecule has 5 nitrogen and oxygen atoms in total. The molecule has 0 spiro atoms. The molecule has 1 heterocycles. The van der Waals surface area contributed by atoms with Crippen molar-refractivity contribution < 1.29 is 24.2 Å². The van der Waals surface area contributed by atoms with Crippen LogP contribution >= 0.6 is 0 Å². The molecule has 1 aliphatic heterocycles. The first-order valence-electron chi connectivity index (χ1n) is 11.1. The zero-order chi connectivity index (χ0) is 21.2. The second kappa shape index (κ2) is 11.9. The van der Waals surface area contributed by atoms with Crippen molar-refractivity contribution in [3.63, 3.8) is 0 Å². The number of nitrogens with one attached hydrogen (secondary N) is 1. The molecule has 2 aromatic rings. The predicted octanol–water partition coefficient (Wildman–Crippen LogP) is 3.02. The Morgan fingerprint density at radius 1 is 0.767 bits per heavy atom. The fourth-order valence-corrected chi connectivity index (χ4v) is 4.15. The molecule has 0 saturated carbocycles. The number of rotatable bonds is 9. The number of ether oxygens (including phenoxy) is 3. The number of hydrogen-bond acceptors (Lipinski definition) is 4. The van der Waals surface area contributed by atoms with Crippen LogP contribution in [0, 0.1) is 0 Å². The van der Waals surface area contributed by atoms with Gasteiger partial charge in [-0.2, -0.15) is 0 Å². The summed E-state index contributed by atoms with van der Waals surface area (Å²) in [5.74, 6) is 1.63. The Bertz CT molecular complexity index is 676. The molecule has 3 rings (SSSR count). The average molecular weight is 415 g/mol. The molecule has 0 unspecified atom stereocenters. The number of likely N-dealkylation sites (tertiary alicyclic amines) is 1. The van der Waals surface area contributed by atoms with Gasteiger partial charge in [-0.3, -0.25) is 0 Å². The minimum atomic E-state index is -0.474. The number of aliphatic hydroxyl groups is 1. The Morgan fingerprint density at radius 2 is 1.23 bits per heavy atom. The van der Waals surface area contributed by atoms with Gasteiger partial charge in [0.15, 0.2) is 0 Å². The molecule has 0 aromatic heterocycles. The smallest absolute Gasteiger partial charge is 0.126 e. The van der Waals surface area contributed by atoms with Crippen LogP contribution in [0.3, 0.4) is 0 Å². The standard InChI is InChI=1S/C25H35NO4/c1-28-23-12-8-20(9-13-23)25(21-10-14-24(29-2)15-11-21)30-19-22(27)18-26-16-6-4-3-5-7-17-26/h8-15,22,25,27H,3-7,16-19H2,1-2H3/p+1/t22-/m1/s1. The van der Waals surface area contributed by atoms with Crippen molar-refractivity contribution in [2.24, 2.45) is 0 Å². The van der Waals surface area contributed by atoms with Crippen LogP contribution in [0.5, 0.6) is 11.5 Å². The first-order valence-corrected chi connectivity index (χ1v) is 11.1. The fraction of sp³-hybridized carbons (Fsp3) is 0.520. The normalized spacial score (nSPS) is 16.7. The van der Waals surface area contributed by atoms with Gasteiger partial charge in [-0.05, 0) is 61.1 Å². The summed E-state index contributed by atoms with van der Waals surface area (Å²) in [6, 6.07) is 15.8. The summed E-state index contributed by atoms with van der Waals surface area (Å²) in [6.45, 7) is 3.36. The van der Waals surface area contributed by atoms with Crippen LogP contribution in [0.4, 0.5) is 0 Å². The zero-order valence-corrected chi connectivity index (χ0v) is 18.3. The van der Waals surface area contributed by atoms with Crippen molar-refractivity contribution in [3.8, 4) is 11.5 Å². The van der Waals surface area contributed by atoms with E-state index in [0.29, 0.717) is 6.61 Å². The van der Waals surface area contributed by atoms with E-state index in [1.165, 1.54) is 37.0 Å². The van der Waals surface area contributed by atoms with Gasteiger partial charge in [-0.15, -0.1) is 0 Å². The van der Waals surface area contributed by atoms with Gasteiger partial charge in [0.05, 0.1) is 33.9 Å². The van der Waals surface area contributed by atoms with E-state index in [1.54, 1.807) is 14.2 Å². The first-order chi connectivity index (χ1) is 14.7. The molecule has 164 valence electrons. The van der Waals surface area contributed by atoms with Crippen molar-refractivity contribution in [3.05, 3.63) is 59.7 Å². The number of hydrogen-bond donors (Lipinski definition) is 2. The van der Waals surface area contributed by atoms with E-state index in [9.17, 15) is 5.11 Å². The lowest BCUT2D eigenvalue weighted by atomic mass is 10.0. The van der Waals surface area contributed by atoms with Crippen LogP contribution < -0.4 is 14.4 Å². The molecule has 1 atom stereocenters. The lowest BCUT2D eigenvalue weighted by Crippen LogP contribution is -3.13. The maximum Gasteiger partial charge on any atom is 0.126 e. The Labute approximate surface area is 180 Å². The van der Waals surface area contributed by atoms with Gasteiger partial charge in [0.25, 0.3) is 0 Å². The lowest BCUT2D eigenvalue weighted by Gasteiger charge is -2.26. The van der Waals surface area contributed by atoms with Gasteiger partial charge in [0.2, 0.25) is 0 Å². The van der Waals surface area contributed by atoms with Crippen molar-refractivity contribution >= 4 is 0 Å². The molecule has 30 heavy (non-hydrogen) atoms. The lowest BCUT2D eigenvalue weighted by molar-refractivity contribution is -0.904. The Hall–Kier alpha value is -2.08. The van der Waals surface area contributed by atoms with E-state index in [2.05, 4.69) is 0 Å². The molecular weight excluding hydrogens is 378 g/mol. The highest BCUT2D eigenvalue weighted by Gasteiger charge is 2.21. The number of quaternary nitrogens is 1. The van der Waals surface area contributed by atoms with Gasteiger partial charge < -0.3 is 24.2 Å². The van der Waals surface area contributed by atoms with E-state index in [4.69, 9.17) is 14.2 Å². The molecule has 0 aliphatic carbocycles. The van der Waals surface area contributed by atoms with Crippen LogP contribution in [-0.2, 0) is 4.74 Å². The van der Waals surface area contributed by atoms with Crippen molar-refractivity contribution in [1.29, 1.82) is 0 Å². The topological polar surface area (TPSA) is 52.4 Å². The first kappa shape index (κ1) is 22.6. The molecular formula is C25H36NO4+. The summed E-state index contributed by atoms with van der Waals surface area (Å²) in [6.07, 6.45) is 5.76. The van der Waals surface area contributed by atoms with Crippen LogP contribution in [0.1, 0.15) is 49.3 Å². The van der Waals surface area contributed by atoms with Gasteiger partial charge in [-0.25, -0.2) is 0 Å². The second-order valence-electron chi connectivity index (χ2n) is 8.14. The molecule has 0 radical (unpaired) electrons. The van der Waals surface area contributed by atoms with Crippen molar-refractivity contribution in [2.75, 3.05) is 40.5 Å². The van der Waals surface area contributed by atoms with Gasteiger partial charge >= 0.3 is 0 Å². The highest BCUT2D eigenvalue weighted by atomic mass is 16.5. The zero-order valence-electron chi connectivity index (χ0n) is 18.3. The molecule has 2 aromatic carbocycles. The van der Waals surface area contributed by atoms with Crippen molar-refractivity contribution in [2.45, 2.75) is 44.3 Å².